The lowest BCUT2D eigenvalue weighted by Gasteiger charge is -2.09. The monoisotopic (exact) mass is 358 g/mol. The molecule has 8 heteroatoms. The van der Waals surface area contributed by atoms with Crippen molar-refractivity contribution in [1.29, 1.82) is 0 Å². The predicted molar refractivity (Wildman–Crippen MR) is 95.2 cm³/mol. The number of rotatable bonds is 5. The van der Waals surface area contributed by atoms with Crippen LogP contribution >= 0.6 is 11.3 Å². The van der Waals surface area contributed by atoms with Crippen LogP contribution in [0.1, 0.15) is 0 Å². The van der Waals surface area contributed by atoms with Gasteiger partial charge in [0.05, 0.1) is 17.1 Å². The number of halogens is 1. The fraction of sp³-hybridized carbons (Fsp3) is 0.118. The lowest BCUT2D eigenvalue weighted by Crippen LogP contribution is -2.34. The van der Waals surface area contributed by atoms with E-state index in [0.29, 0.717) is 5.69 Å². The van der Waals surface area contributed by atoms with Gasteiger partial charge < -0.3 is 10.6 Å². The number of carbonyl (C=O) groups is 1. The summed E-state index contributed by atoms with van der Waals surface area (Å²) in [6.45, 7) is 0.393. The van der Waals surface area contributed by atoms with Crippen molar-refractivity contribution in [3.8, 4) is 10.6 Å². The van der Waals surface area contributed by atoms with Crippen LogP contribution in [0.4, 0.5) is 14.9 Å². The summed E-state index contributed by atoms with van der Waals surface area (Å²) in [5.74, 6) is -0.515. The van der Waals surface area contributed by atoms with Gasteiger partial charge in [0.15, 0.2) is 0 Å². The Bertz CT molecular complexity index is 924. The zero-order chi connectivity index (χ0) is 17.6. The molecule has 0 bridgehead atoms. The minimum Gasteiger partial charge on any atom is -0.336 e. The Morgan fingerprint density at radius 2 is 2.00 bits per heavy atom. The van der Waals surface area contributed by atoms with E-state index in [-0.39, 0.29) is 24.3 Å². The lowest BCUT2D eigenvalue weighted by atomic mass is 10.3. The van der Waals surface area contributed by atoms with Crippen LogP contribution in [-0.4, -0.2) is 22.4 Å². The second kappa shape index (κ2) is 7.71. The van der Waals surface area contributed by atoms with Crippen molar-refractivity contribution in [2.75, 3.05) is 11.9 Å². The maximum absolute atomic E-state index is 13.5. The van der Waals surface area contributed by atoms with Gasteiger partial charge >= 0.3 is 6.03 Å². The number of hydrogen-bond donors (Lipinski definition) is 2. The molecule has 2 amide bonds. The second-order valence-corrected chi connectivity index (χ2v) is 6.07. The van der Waals surface area contributed by atoms with E-state index < -0.39 is 11.8 Å². The Hall–Kier alpha value is -3.00. The smallest absolute Gasteiger partial charge is 0.319 e. The molecule has 6 nitrogen and oxygen atoms in total. The van der Waals surface area contributed by atoms with Crippen LogP contribution < -0.4 is 16.2 Å². The van der Waals surface area contributed by atoms with Gasteiger partial charge in [-0.1, -0.05) is 18.2 Å². The molecule has 0 aliphatic carbocycles. The number of anilines is 1. The van der Waals surface area contributed by atoms with Crippen molar-refractivity contribution in [3.05, 3.63) is 70.1 Å². The van der Waals surface area contributed by atoms with Gasteiger partial charge in [-0.2, -0.15) is 5.10 Å². The number of urea groups is 1. The fourth-order valence-electron chi connectivity index (χ4n) is 2.17. The molecule has 0 atom stereocenters. The Labute approximate surface area is 146 Å². The maximum atomic E-state index is 13.5. The highest BCUT2D eigenvalue weighted by Crippen LogP contribution is 2.20. The molecule has 3 aromatic rings. The topological polar surface area (TPSA) is 76.0 Å². The average molecular weight is 358 g/mol. The summed E-state index contributed by atoms with van der Waals surface area (Å²) in [6, 6.07) is 12.3. The van der Waals surface area contributed by atoms with Gasteiger partial charge in [0.1, 0.15) is 11.5 Å². The van der Waals surface area contributed by atoms with E-state index in [2.05, 4.69) is 15.7 Å². The minimum absolute atomic E-state index is 0.0926. The standard InChI is InChI=1S/C17H15FN4O2S/c18-12-4-1-2-5-13(12)20-17(24)19-9-10-22-16(23)8-7-14(21-22)15-6-3-11-25-15/h1-8,11H,9-10H2,(H2,19,20,24). The quantitative estimate of drug-likeness (QED) is 0.736. The van der Waals surface area contributed by atoms with Crippen molar-refractivity contribution in [1.82, 2.24) is 15.1 Å². The largest absolute Gasteiger partial charge is 0.336 e. The molecule has 2 heterocycles. The third-order valence-corrected chi connectivity index (χ3v) is 4.26. The molecule has 0 saturated heterocycles. The summed E-state index contributed by atoms with van der Waals surface area (Å²) >= 11 is 1.53. The van der Waals surface area contributed by atoms with Gasteiger partial charge in [0.2, 0.25) is 0 Å². The highest BCUT2D eigenvalue weighted by molar-refractivity contribution is 7.13. The molecule has 3 rings (SSSR count). The highest BCUT2D eigenvalue weighted by Gasteiger charge is 2.07. The Morgan fingerprint density at radius 3 is 2.76 bits per heavy atom. The molecule has 1 aromatic carbocycles. The van der Waals surface area contributed by atoms with Gasteiger partial charge in [-0.05, 0) is 29.6 Å². The summed E-state index contributed by atoms with van der Waals surface area (Å²) in [4.78, 5) is 24.6. The number of hydrogen-bond acceptors (Lipinski definition) is 4. The zero-order valence-corrected chi connectivity index (χ0v) is 13.9. The number of benzene rings is 1. The van der Waals surface area contributed by atoms with E-state index in [0.717, 1.165) is 4.88 Å². The van der Waals surface area contributed by atoms with Crippen molar-refractivity contribution < 1.29 is 9.18 Å². The third-order valence-electron chi connectivity index (χ3n) is 3.37. The first-order valence-electron chi connectivity index (χ1n) is 7.55. The van der Waals surface area contributed by atoms with Crippen LogP contribution in [0.15, 0.2) is 58.7 Å². The summed E-state index contributed by atoms with van der Waals surface area (Å²) in [5, 5.41) is 11.2. The summed E-state index contributed by atoms with van der Waals surface area (Å²) in [5.41, 5.74) is 0.539. The first kappa shape index (κ1) is 16.8. The fourth-order valence-corrected chi connectivity index (χ4v) is 2.86. The van der Waals surface area contributed by atoms with E-state index in [9.17, 15) is 14.0 Å². The molecule has 0 unspecified atom stereocenters. The lowest BCUT2D eigenvalue weighted by molar-refractivity contribution is 0.251. The molecule has 0 saturated carbocycles. The summed E-state index contributed by atoms with van der Waals surface area (Å²) in [6.07, 6.45) is 0. The van der Waals surface area contributed by atoms with E-state index in [1.54, 1.807) is 12.1 Å². The first-order chi connectivity index (χ1) is 12.1. The second-order valence-electron chi connectivity index (χ2n) is 5.12. The van der Waals surface area contributed by atoms with Crippen molar-refractivity contribution in [2.45, 2.75) is 6.54 Å². The first-order valence-corrected chi connectivity index (χ1v) is 8.43. The molecule has 2 N–H and O–H groups in total. The van der Waals surface area contributed by atoms with Crippen LogP contribution in [0.2, 0.25) is 0 Å². The van der Waals surface area contributed by atoms with Gasteiger partial charge in [0, 0.05) is 12.6 Å². The number of amides is 2. The number of thiophene rings is 1. The Kier molecular flexibility index (Phi) is 5.20. The molecule has 128 valence electrons. The molecule has 0 aliphatic heterocycles. The van der Waals surface area contributed by atoms with Crippen LogP contribution in [0.25, 0.3) is 10.6 Å². The van der Waals surface area contributed by atoms with Crippen LogP contribution in [0.3, 0.4) is 0 Å². The SMILES string of the molecule is O=C(NCCn1nc(-c2cccs2)ccc1=O)Nc1ccccc1F. The van der Waals surface area contributed by atoms with Crippen LogP contribution in [0, 0.1) is 5.82 Å². The minimum atomic E-state index is -0.549. The zero-order valence-electron chi connectivity index (χ0n) is 13.1. The molecule has 0 fully saturated rings. The van der Waals surface area contributed by atoms with Gasteiger partial charge in [0.25, 0.3) is 5.56 Å². The number of para-hydroxylation sites is 1. The predicted octanol–water partition coefficient (Wildman–Crippen LogP) is 2.93. The maximum Gasteiger partial charge on any atom is 0.319 e. The van der Waals surface area contributed by atoms with Crippen molar-refractivity contribution in [3.63, 3.8) is 0 Å². The summed E-state index contributed by atoms with van der Waals surface area (Å²) < 4.78 is 14.8. The molecular weight excluding hydrogens is 343 g/mol. The van der Waals surface area contributed by atoms with Crippen LogP contribution in [0.5, 0.6) is 0 Å². The van der Waals surface area contributed by atoms with Gasteiger partial charge in [-0.3, -0.25) is 4.79 Å². The Morgan fingerprint density at radius 1 is 1.16 bits per heavy atom. The molecule has 25 heavy (non-hydrogen) atoms. The normalized spacial score (nSPS) is 10.4. The molecule has 0 radical (unpaired) electrons. The number of aromatic nitrogens is 2. The Balaban J connectivity index is 1.58. The summed E-state index contributed by atoms with van der Waals surface area (Å²) in [7, 11) is 0. The molecular formula is C17H15FN4O2S. The van der Waals surface area contributed by atoms with E-state index in [1.165, 1.54) is 40.3 Å². The van der Waals surface area contributed by atoms with Crippen molar-refractivity contribution >= 4 is 23.1 Å². The van der Waals surface area contributed by atoms with Crippen LogP contribution in [-0.2, 0) is 6.54 Å². The molecule has 2 aromatic heterocycles. The van der Waals surface area contributed by atoms with E-state index in [1.807, 2.05) is 17.5 Å². The molecule has 0 aliphatic rings. The number of nitrogens with one attached hydrogen (secondary N) is 2. The molecule has 0 spiro atoms. The highest BCUT2D eigenvalue weighted by atomic mass is 32.1. The third kappa shape index (κ3) is 4.30. The van der Waals surface area contributed by atoms with Gasteiger partial charge in [-0.25, -0.2) is 13.9 Å². The number of carbonyl (C=O) groups excluding carboxylic acids is 1. The number of nitrogens with zero attached hydrogens (tertiary/aromatic N) is 2. The average Bonchev–Trinajstić information content (AvgIpc) is 3.13. The van der Waals surface area contributed by atoms with E-state index in [4.69, 9.17) is 0 Å². The van der Waals surface area contributed by atoms with E-state index >= 15 is 0 Å². The van der Waals surface area contributed by atoms with Gasteiger partial charge in [-0.15, -0.1) is 11.3 Å². The van der Waals surface area contributed by atoms with Crippen molar-refractivity contribution in [2.24, 2.45) is 0 Å².